The van der Waals surface area contributed by atoms with E-state index in [2.05, 4.69) is 0 Å². The van der Waals surface area contributed by atoms with Crippen LogP contribution in [0, 0.1) is 17.5 Å². The molecule has 2 N–H and O–H groups in total. The Bertz CT molecular complexity index is 599. The summed E-state index contributed by atoms with van der Waals surface area (Å²) in [7, 11) is 1.82. The van der Waals surface area contributed by atoms with E-state index in [1.165, 1.54) is 12.1 Å². The van der Waals surface area contributed by atoms with E-state index in [-0.39, 0.29) is 11.4 Å². The lowest BCUT2D eigenvalue weighted by atomic mass is 10.1. The summed E-state index contributed by atoms with van der Waals surface area (Å²) in [6.07, 6.45) is 0. The third-order valence-corrected chi connectivity index (χ3v) is 3.23. The van der Waals surface area contributed by atoms with Gasteiger partial charge in [-0.25, -0.2) is 13.2 Å². The van der Waals surface area contributed by atoms with Gasteiger partial charge in [-0.2, -0.15) is 0 Å². The minimum Gasteiger partial charge on any atom is -0.323 e. The molecule has 0 aliphatic heterocycles. The van der Waals surface area contributed by atoms with Crippen LogP contribution in [0.15, 0.2) is 42.5 Å². The van der Waals surface area contributed by atoms with Gasteiger partial charge in [-0.1, -0.05) is 12.1 Å². The molecule has 0 heterocycles. The molecule has 0 aromatic heterocycles. The van der Waals surface area contributed by atoms with Gasteiger partial charge in [0.25, 0.3) is 0 Å². The molecule has 0 radical (unpaired) electrons. The molecular weight excluding hydrogens is 277 g/mol. The summed E-state index contributed by atoms with van der Waals surface area (Å²) in [5.41, 5.74) is 7.01. The van der Waals surface area contributed by atoms with E-state index in [9.17, 15) is 13.2 Å². The SMILES string of the molecule is CN(Cc1ccc(F)cc1)CC(N)c1cc(F)ccc1F. The fraction of sp³-hybridized carbons (Fsp3) is 0.250. The summed E-state index contributed by atoms with van der Waals surface area (Å²) in [5, 5.41) is 0. The number of nitrogens with zero attached hydrogens (tertiary/aromatic N) is 1. The average Bonchev–Trinajstić information content (AvgIpc) is 2.44. The Labute approximate surface area is 122 Å². The lowest BCUT2D eigenvalue weighted by molar-refractivity contribution is 0.302. The third kappa shape index (κ3) is 4.31. The molecule has 2 rings (SSSR count). The van der Waals surface area contributed by atoms with E-state index in [4.69, 9.17) is 5.73 Å². The lowest BCUT2D eigenvalue weighted by Gasteiger charge is -2.22. The maximum absolute atomic E-state index is 13.6. The Hall–Kier alpha value is -1.85. The van der Waals surface area contributed by atoms with Gasteiger partial charge in [0, 0.05) is 24.7 Å². The number of hydrogen-bond donors (Lipinski definition) is 1. The van der Waals surface area contributed by atoms with Crippen molar-refractivity contribution in [1.29, 1.82) is 0 Å². The molecule has 5 heteroatoms. The predicted molar refractivity (Wildman–Crippen MR) is 76.0 cm³/mol. The molecule has 2 aromatic rings. The first-order valence-corrected chi connectivity index (χ1v) is 6.59. The minimum atomic E-state index is -0.633. The van der Waals surface area contributed by atoms with Gasteiger partial charge in [0.05, 0.1) is 0 Å². The molecule has 0 saturated carbocycles. The molecule has 21 heavy (non-hydrogen) atoms. The summed E-state index contributed by atoms with van der Waals surface area (Å²) in [6.45, 7) is 0.905. The normalized spacial score (nSPS) is 12.7. The topological polar surface area (TPSA) is 29.3 Å². The molecule has 0 spiro atoms. The van der Waals surface area contributed by atoms with E-state index < -0.39 is 17.7 Å². The zero-order valence-electron chi connectivity index (χ0n) is 11.7. The molecule has 0 amide bonds. The highest BCUT2D eigenvalue weighted by Gasteiger charge is 2.14. The second kappa shape index (κ2) is 6.74. The molecule has 1 unspecified atom stereocenters. The summed E-state index contributed by atoms with van der Waals surface area (Å²) in [6, 6.07) is 8.75. The van der Waals surface area contributed by atoms with Crippen molar-refractivity contribution in [3.63, 3.8) is 0 Å². The van der Waals surface area contributed by atoms with E-state index in [1.807, 2.05) is 11.9 Å². The predicted octanol–water partition coefficient (Wildman–Crippen LogP) is 3.24. The first-order chi connectivity index (χ1) is 9.95. The molecule has 112 valence electrons. The van der Waals surface area contributed by atoms with Crippen LogP contribution in [0.2, 0.25) is 0 Å². The highest BCUT2D eigenvalue weighted by Crippen LogP contribution is 2.18. The van der Waals surface area contributed by atoms with Crippen molar-refractivity contribution in [2.24, 2.45) is 5.73 Å². The molecule has 2 nitrogen and oxygen atoms in total. The standard InChI is InChI=1S/C16H17F3N2/c1-21(9-11-2-4-12(17)5-3-11)10-16(20)14-8-13(18)6-7-15(14)19/h2-8,16H,9-10,20H2,1H3. The molecule has 0 saturated heterocycles. The molecule has 0 fully saturated rings. The van der Waals surface area contributed by atoms with Gasteiger partial charge in [0.15, 0.2) is 0 Å². The number of halogens is 3. The Morgan fingerprint density at radius 1 is 1.00 bits per heavy atom. The van der Waals surface area contributed by atoms with Crippen LogP contribution in [0.5, 0.6) is 0 Å². The smallest absolute Gasteiger partial charge is 0.128 e. The van der Waals surface area contributed by atoms with Crippen molar-refractivity contribution in [1.82, 2.24) is 4.90 Å². The number of benzene rings is 2. The van der Waals surface area contributed by atoms with Crippen LogP contribution in [0.3, 0.4) is 0 Å². The minimum absolute atomic E-state index is 0.154. The zero-order chi connectivity index (χ0) is 15.4. The van der Waals surface area contributed by atoms with Crippen molar-refractivity contribution < 1.29 is 13.2 Å². The first kappa shape index (κ1) is 15.5. The fourth-order valence-corrected chi connectivity index (χ4v) is 2.20. The average molecular weight is 294 g/mol. The largest absolute Gasteiger partial charge is 0.323 e. The first-order valence-electron chi connectivity index (χ1n) is 6.59. The van der Waals surface area contributed by atoms with Crippen LogP contribution in [-0.2, 0) is 6.54 Å². The van der Waals surface area contributed by atoms with Crippen LogP contribution in [0.1, 0.15) is 17.2 Å². The molecule has 0 aliphatic carbocycles. The van der Waals surface area contributed by atoms with Gasteiger partial charge in [-0.15, -0.1) is 0 Å². The van der Waals surface area contributed by atoms with Crippen molar-refractivity contribution >= 4 is 0 Å². The monoisotopic (exact) mass is 294 g/mol. The molecular formula is C16H17F3N2. The quantitative estimate of drug-likeness (QED) is 0.917. The van der Waals surface area contributed by atoms with Crippen molar-refractivity contribution in [2.45, 2.75) is 12.6 Å². The third-order valence-electron chi connectivity index (χ3n) is 3.23. The van der Waals surface area contributed by atoms with Crippen LogP contribution in [-0.4, -0.2) is 18.5 Å². The Morgan fingerprint density at radius 3 is 2.29 bits per heavy atom. The highest BCUT2D eigenvalue weighted by molar-refractivity contribution is 5.22. The number of hydrogen-bond acceptors (Lipinski definition) is 2. The summed E-state index contributed by atoms with van der Waals surface area (Å²) in [4.78, 5) is 1.88. The summed E-state index contributed by atoms with van der Waals surface area (Å²) < 4.78 is 39.6. The van der Waals surface area contributed by atoms with E-state index >= 15 is 0 Å². The van der Waals surface area contributed by atoms with Crippen molar-refractivity contribution in [3.8, 4) is 0 Å². The maximum atomic E-state index is 13.6. The summed E-state index contributed by atoms with van der Waals surface area (Å²) in [5.74, 6) is -1.32. The Balaban J connectivity index is 2.00. The van der Waals surface area contributed by atoms with Gasteiger partial charge < -0.3 is 10.6 Å². The van der Waals surface area contributed by atoms with Gasteiger partial charge in [-0.05, 0) is 42.9 Å². The molecule has 2 aromatic carbocycles. The van der Waals surface area contributed by atoms with E-state index in [0.717, 1.165) is 23.8 Å². The summed E-state index contributed by atoms with van der Waals surface area (Å²) >= 11 is 0. The van der Waals surface area contributed by atoms with Crippen LogP contribution in [0.4, 0.5) is 13.2 Å². The van der Waals surface area contributed by atoms with Crippen LogP contribution >= 0.6 is 0 Å². The second-order valence-corrected chi connectivity index (χ2v) is 5.10. The van der Waals surface area contributed by atoms with E-state index in [1.54, 1.807) is 12.1 Å². The molecule has 0 aliphatic rings. The van der Waals surface area contributed by atoms with Gasteiger partial charge >= 0.3 is 0 Å². The van der Waals surface area contributed by atoms with E-state index in [0.29, 0.717) is 13.1 Å². The maximum Gasteiger partial charge on any atom is 0.128 e. The van der Waals surface area contributed by atoms with Crippen molar-refractivity contribution in [3.05, 3.63) is 71.0 Å². The lowest BCUT2D eigenvalue weighted by Crippen LogP contribution is -2.29. The number of rotatable bonds is 5. The number of nitrogens with two attached hydrogens (primary N) is 1. The second-order valence-electron chi connectivity index (χ2n) is 5.10. The van der Waals surface area contributed by atoms with Gasteiger partial charge in [0.1, 0.15) is 17.5 Å². The van der Waals surface area contributed by atoms with Crippen LogP contribution < -0.4 is 5.73 Å². The van der Waals surface area contributed by atoms with Crippen molar-refractivity contribution in [2.75, 3.05) is 13.6 Å². The number of likely N-dealkylation sites (N-methyl/N-ethyl adjacent to an activating group) is 1. The Kier molecular flexibility index (Phi) is 4.98. The highest BCUT2D eigenvalue weighted by atomic mass is 19.1. The fourth-order valence-electron chi connectivity index (χ4n) is 2.20. The van der Waals surface area contributed by atoms with Crippen LogP contribution in [0.25, 0.3) is 0 Å². The van der Waals surface area contributed by atoms with Gasteiger partial charge in [0.2, 0.25) is 0 Å². The molecule has 0 bridgehead atoms. The zero-order valence-corrected chi connectivity index (χ0v) is 11.7. The Morgan fingerprint density at radius 2 is 1.62 bits per heavy atom. The van der Waals surface area contributed by atoms with Gasteiger partial charge in [-0.3, -0.25) is 0 Å². The molecule has 1 atom stereocenters.